The van der Waals surface area contributed by atoms with Gasteiger partial charge in [-0.15, -0.1) is 0 Å². The summed E-state index contributed by atoms with van der Waals surface area (Å²) >= 11 is 0. The molecule has 1 aromatic rings. The van der Waals surface area contributed by atoms with Gasteiger partial charge in [0.1, 0.15) is 17.0 Å². The minimum Gasteiger partial charge on any atom is -0.491 e. The summed E-state index contributed by atoms with van der Waals surface area (Å²) in [6, 6.07) is 3.95. The molecule has 2 aliphatic rings. The molecule has 0 saturated heterocycles. The number of anilines is 1. The molecule has 1 atom stereocenters. The molecule has 0 aromatic heterocycles. The van der Waals surface area contributed by atoms with Gasteiger partial charge in [-0.1, -0.05) is 13.3 Å². The Kier molecular flexibility index (Phi) is 6.07. The van der Waals surface area contributed by atoms with Gasteiger partial charge in [-0.3, -0.25) is 9.71 Å². The van der Waals surface area contributed by atoms with Crippen LogP contribution in [0.2, 0.25) is 0 Å². The summed E-state index contributed by atoms with van der Waals surface area (Å²) in [5, 5.41) is 0. The summed E-state index contributed by atoms with van der Waals surface area (Å²) < 4.78 is 40.1. The van der Waals surface area contributed by atoms with Gasteiger partial charge in [-0.05, 0) is 39.3 Å². The average Bonchev–Trinajstić information content (AvgIpc) is 3.15. The van der Waals surface area contributed by atoms with Gasteiger partial charge in [0.15, 0.2) is 5.75 Å². The molecule has 0 amide bonds. The zero-order valence-electron chi connectivity index (χ0n) is 17.2. The van der Waals surface area contributed by atoms with Gasteiger partial charge < -0.3 is 14.4 Å². The van der Waals surface area contributed by atoms with Crippen molar-refractivity contribution in [1.82, 2.24) is 4.90 Å². The molecule has 3 rings (SSSR count). The highest BCUT2D eigenvalue weighted by atomic mass is 32.2. The highest BCUT2D eigenvalue weighted by Gasteiger charge is 2.32. The third kappa shape index (κ3) is 4.90. The molecule has 28 heavy (non-hydrogen) atoms. The van der Waals surface area contributed by atoms with E-state index in [1.54, 1.807) is 0 Å². The van der Waals surface area contributed by atoms with Crippen molar-refractivity contribution < 1.29 is 17.9 Å². The maximum Gasteiger partial charge on any atom is 0.232 e. The van der Waals surface area contributed by atoms with Crippen LogP contribution in [0.1, 0.15) is 58.6 Å². The number of hydrogen-bond donors (Lipinski definition) is 1. The first-order valence-corrected chi connectivity index (χ1v) is 11.6. The second kappa shape index (κ2) is 8.19. The molecule has 1 N–H and O–H groups in total. The molecule has 0 bridgehead atoms. The molecule has 2 heterocycles. The minimum absolute atomic E-state index is 0.0737. The number of rotatable bonds is 7. The van der Waals surface area contributed by atoms with Crippen LogP contribution in [-0.2, 0) is 10.0 Å². The Bertz CT molecular complexity index is 831. The van der Waals surface area contributed by atoms with Gasteiger partial charge in [0.2, 0.25) is 10.0 Å². The lowest BCUT2D eigenvalue weighted by Gasteiger charge is -2.34. The van der Waals surface area contributed by atoms with Crippen LogP contribution in [-0.4, -0.2) is 50.7 Å². The van der Waals surface area contributed by atoms with E-state index in [9.17, 15) is 8.42 Å². The largest absolute Gasteiger partial charge is 0.491 e. The first-order chi connectivity index (χ1) is 13.2. The second-order valence-corrected chi connectivity index (χ2v) is 10.1. The molecule has 7 nitrogen and oxygen atoms in total. The minimum atomic E-state index is -3.49. The highest BCUT2D eigenvalue weighted by Crippen LogP contribution is 2.46. The van der Waals surface area contributed by atoms with Crippen molar-refractivity contribution in [3.8, 4) is 11.5 Å². The molecule has 2 aliphatic heterocycles. The van der Waals surface area contributed by atoms with E-state index in [1.165, 1.54) is 0 Å². The molecular weight excluding hydrogens is 378 g/mol. The van der Waals surface area contributed by atoms with Gasteiger partial charge in [-0.25, -0.2) is 8.42 Å². The Morgan fingerprint density at radius 3 is 2.79 bits per heavy atom. The normalized spacial score (nSPS) is 19.3. The van der Waals surface area contributed by atoms with Crippen LogP contribution < -0.4 is 14.2 Å². The molecule has 0 radical (unpaired) electrons. The van der Waals surface area contributed by atoms with Crippen molar-refractivity contribution in [3.05, 3.63) is 17.7 Å². The molecule has 0 aliphatic carbocycles. The van der Waals surface area contributed by atoms with Gasteiger partial charge in [0, 0.05) is 18.5 Å². The van der Waals surface area contributed by atoms with Crippen molar-refractivity contribution in [2.75, 3.05) is 30.2 Å². The number of unbranched alkanes of at least 4 members (excludes halogenated alkanes) is 1. The molecule has 156 valence electrons. The summed E-state index contributed by atoms with van der Waals surface area (Å²) in [7, 11) is -3.49. The lowest BCUT2D eigenvalue weighted by atomic mass is 9.98. The summed E-state index contributed by atoms with van der Waals surface area (Å²) in [5.41, 5.74) is 0.909. The van der Waals surface area contributed by atoms with Crippen molar-refractivity contribution in [2.45, 2.75) is 58.6 Å². The third-order valence-electron chi connectivity index (χ3n) is 4.70. The molecule has 1 unspecified atom stereocenters. The van der Waals surface area contributed by atoms with Crippen LogP contribution in [0.25, 0.3) is 0 Å². The highest BCUT2D eigenvalue weighted by molar-refractivity contribution is 7.92. The molecule has 1 aromatic carbocycles. The van der Waals surface area contributed by atoms with Crippen molar-refractivity contribution in [1.29, 1.82) is 0 Å². The van der Waals surface area contributed by atoms with E-state index < -0.39 is 15.6 Å². The SMILES string of the molecule is CCCCS(=O)(=O)Nc1c(OC(C)(C)C)ccc2c1OCCC2N1C=NCC1. The Hall–Kier alpha value is -1.96. The van der Waals surface area contributed by atoms with E-state index in [4.69, 9.17) is 9.47 Å². The van der Waals surface area contributed by atoms with Crippen molar-refractivity contribution >= 4 is 22.0 Å². The van der Waals surface area contributed by atoms with Crippen LogP contribution in [0.4, 0.5) is 5.69 Å². The zero-order chi connectivity index (χ0) is 20.4. The standard InChI is InChI=1S/C20H31N3O4S/c1-5-6-13-28(24,25)22-18-17(27-20(2,3)4)8-7-15-16(9-12-26-19(15)18)23-11-10-21-14-23/h7-8,14,16,22H,5-6,9-13H2,1-4H3. The van der Waals surface area contributed by atoms with Gasteiger partial charge in [0.25, 0.3) is 0 Å². The van der Waals surface area contributed by atoms with E-state index >= 15 is 0 Å². The van der Waals surface area contributed by atoms with Crippen molar-refractivity contribution in [2.24, 2.45) is 4.99 Å². The fraction of sp³-hybridized carbons (Fsp3) is 0.650. The quantitative estimate of drug-likeness (QED) is 0.745. The Labute approximate surface area is 168 Å². The topological polar surface area (TPSA) is 80.2 Å². The maximum atomic E-state index is 12.6. The number of nitrogens with one attached hydrogen (secondary N) is 1. The van der Waals surface area contributed by atoms with E-state index in [2.05, 4.69) is 14.6 Å². The number of fused-ring (bicyclic) bond motifs is 1. The smallest absolute Gasteiger partial charge is 0.232 e. The van der Waals surface area contributed by atoms with E-state index in [0.29, 0.717) is 30.2 Å². The van der Waals surface area contributed by atoms with Crippen LogP contribution in [0, 0.1) is 0 Å². The third-order valence-corrected chi connectivity index (χ3v) is 6.05. The zero-order valence-corrected chi connectivity index (χ0v) is 18.0. The Morgan fingerprint density at radius 1 is 1.36 bits per heavy atom. The monoisotopic (exact) mass is 409 g/mol. The first-order valence-electron chi connectivity index (χ1n) is 9.95. The average molecular weight is 410 g/mol. The molecular formula is C20H31N3O4S. The molecule has 8 heteroatoms. The number of sulfonamides is 1. The van der Waals surface area contributed by atoms with Crippen LogP contribution >= 0.6 is 0 Å². The fourth-order valence-corrected chi connectivity index (χ4v) is 4.73. The lowest BCUT2D eigenvalue weighted by molar-refractivity contribution is 0.130. The number of hydrogen-bond acceptors (Lipinski definition) is 6. The predicted molar refractivity (Wildman–Crippen MR) is 112 cm³/mol. The van der Waals surface area contributed by atoms with Crippen molar-refractivity contribution in [3.63, 3.8) is 0 Å². The predicted octanol–water partition coefficient (Wildman–Crippen LogP) is 3.57. The van der Waals surface area contributed by atoms with Gasteiger partial charge >= 0.3 is 0 Å². The van der Waals surface area contributed by atoms with E-state index in [1.807, 2.05) is 46.2 Å². The number of aliphatic imine (C=N–C) groups is 1. The summed E-state index contributed by atoms with van der Waals surface area (Å²) in [4.78, 5) is 6.51. The van der Waals surface area contributed by atoms with E-state index in [-0.39, 0.29) is 11.8 Å². The number of ether oxygens (including phenoxy) is 2. The van der Waals surface area contributed by atoms with Crippen LogP contribution in [0.5, 0.6) is 11.5 Å². The van der Waals surface area contributed by atoms with Crippen LogP contribution in [0.15, 0.2) is 17.1 Å². The van der Waals surface area contributed by atoms with Gasteiger partial charge in [0.05, 0.1) is 31.3 Å². The number of nitrogens with zero attached hydrogens (tertiary/aromatic N) is 2. The first kappa shape index (κ1) is 20.8. The summed E-state index contributed by atoms with van der Waals surface area (Å²) in [6.07, 6.45) is 4.13. The van der Waals surface area contributed by atoms with Gasteiger partial charge in [-0.2, -0.15) is 0 Å². The molecule has 0 fully saturated rings. The summed E-state index contributed by atoms with van der Waals surface area (Å²) in [6.45, 7) is 9.95. The van der Waals surface area contributed by atoms with Crippen LogP contribution in [0.3, 0.4) is 0 Å². The Balaban J connectivity index is 2.02. The lowest BCUT2D eigenvalue weighted by Crippen LogP contribution is -2.31. The summed E-state index contributed by atoms with van der Waals surface area (Å²) in [5.74, 6) is 1.13. The number of benzene rings is 1. The van der Waals surface area contributed by atoms with E-state index in [0.717, 1.165) is 31.5 Å². The Morgan fingerprint density at radius 2 is 2.14 bits per heavy atom. The molecule has 0 saturated carbocycles. The molecule has 0 spiro atoms. The maximum absolute atomic E-state index is 12.6. The fourth-order valence-electron chi connectivity index (χ4n) is 3.45. The second-order valence-electron chi connectivity index (χ2n) is 8.26.